The highest BCUT2D eigenvalue weighted by Gasteiger charge is 2.03. The molecule has 128 valence electrons. The van der Waals surface area contributed by atoms with E-state index in [1.807, 2.05) is 0 Å². The van der Waals surface area contributed by atoms with Crippen LogP contribution < -0.4 is 0 Å². The third-order valence-electron chi connectivity index (χ3n) is 3.75. The number of aryl methyl sites for hydroxylation is 2. The van der Waals surface area contributed by atoms with Crippen LogP contribution in [0.4, 0.5) is 0 Å². The first kappa shape index (κ1) is 19.0. The molecule has 0 aromatic heterocycles. The first-order valence-electron chi connectivity index (χ1n) is 8.23. The lowest BCUT2D eigenvalue weighted by atomic mass is 10.00. The Bertz CT molecular complexity index is 468. The van der Waals surface area contributed by atoms with E-state index >= 15 is 0 Å². The average molecular weight is 322 g/mol. The number of unbranched alkanes of at least 4 members (excludes halogenated alkanes) is 4. The van der Waals surface area contributed by atoms with Gasteiger partial charge in [0.05, 0.1) is 0 Å². The maximum atomic E-state index is 10.4. The molecule has 0 spiro atoms. The third kappa shape index (κ3) is 9.55. The van der Waals surface area contributed by atoms with E-state index in [1.165, 1.54) is 0 Å². The Morgan fingerprint density at radius 3 is 1.52 bits per heavy atom. The summed E-state index contributed by atoms with van der Waals surface area (Å²) in [5.74, 6) is -1.26. The number of phenolic OH excluding ortho intramolecular Hbond substituents is 1. The van der Waals surface area contributed by atoms with Gasteiger partial charge in [0, 0.05) is 12.8 Å². The summed E-state index contributed by atoms with van der Waals surface area (Å²) < 4.78 is 0. The topological polar surface area (TPSA) is 94.8 Å². The number of hydrogen-bond donors (Lipinski definition) is 3. The number of carbonyl (C=O) groups is 2. The Hall–Kier alpha value is -2.04. The summed E-state index contributed by atoms with van der Waals surface area (Å²) in [6, 6.07) is 5.59. The minimum Gasteiger partial charge on any atom is -0.508 e. The Morgan fingerprint density at radius 2 is 1.13 bits per heavy atom. The second-order valence-corrected chi connectivity index (χ2v) is 5.92. The van der Waals surface area contributed by atoms with Crippen LogP contribution >= 0.6 is 0 Å². The molecule has 23 heavy (non-hydrogen) atoms. The number of phenols is 1. The van der Waals surface area contributed by atoms with Crippen molar-refractivity contribution in [2.24, 2.45) is 0 Å². The van der Waals surface area contributed by atoms with Gasteiger partial charge in [0.2, 0.25) is 0 Å². The van der Waals surface area contributed by atoms with E-state index in [1.54, 1.807) is 12.1 Å². The zero-order valence-electron chi connectivity index (χ0n) is 13.5. The molecular formula is C18H26O5. The zero-order valence-corrected chi connectivity index (χ0v) is 13.5. The first-order valence-corrected chi connectivity index (χ1v) is 8.23. The monoisotopic (exact) mass is 322 g/mol. The summed E-state index contributed by atoms with van der Waals surface area (Å²) in [6.07, 6.45) is 7.01. The zero-order chi connectivity index (χ0) is 17.1. The third-order valence-corrected chi connectivity index (χ3v) is 3.75. The molecule has 5 heteroatoms. The van der Waals surface area contributed by atoms with Crippen molar-refractivity contribution in [1.82, 2.24) is 0 Å². The Labute approximate surface area is 137 Å². The van der Waals surface area contributed by atoms with Crippen molar-refractivity contribution < 1.29 is 24.9 Å². The quantitative estimate of drug-likeness (QED) is 0.509. The van der Waals surface area contributed by atoms with E-state index in [0.29, 0.717) is 12.8 Å². The normalized spacial score (nSPS) is 10.6. The molecule has 0 aliphatic rings. The number of benzene rings is 1. The fourth-order valence-corrected chi connectivity index (χ4v) is 2.60. The van der Waals surface area contributed by atoms with Gasteiger partial charge in [-0.15, -0.1) is 0 Å². The number of rotatable bonds is 12. The van der Waals surface area contributed by atoms with Gasteiger partial charge in [-0.05, 0) is 61.8 Å². The molecule has 0 unspecified atom stereocenters. The molecule has 0 aliphatic carbocycles. The number of aliphatic carboxylic acids is 2. The molecule has 0 saturated heterocycles. The van der Waals surface area contributed by atoms with Crippen LogP contribution in [0, 0.1) is 0 Å². The second kappa shape index (κ2) is 10.6. The van der Waals surface area contributed by atoms with Crippen LogP contribution in [-0.4, -0.2) is 27.3 Å². The molecule has 0 heterocycles. The van der Waals surface area contributed by atoms with E-state index < -0.39 is 11.9 Å². The van der Waals surface area contributed by atoms with E-state index in [4.69, 9.17) is 10.2 Å². The Balaban J connectivity index is 2.33. The molecule has 1 rings (SSSR count). The molecule has 0 amide bonds. The second-order valence-electron chi connectivity index (χ2n) is 5.92. The summed E-state index contributed by atoms with van der Waals surface area (Å²) in [7, 11) is 0. The summed E-state index contributed by atoms with van der Waals surface area (Å²) in [4.78, 5) is 20.9. The fraction of sp³-hybridized carbons (Fsp3) is 0.556. The van der Waals surface area contributed by atoms with Gasteiger partial charge in [0.15, 0.2) is 0 Å². The van der Waals surface area contributed by atoms with Gasteiger partial charge in [0.1, 0.15) is 5.75 Å². The maximum Gasteiger partial charge on any atom is 0.303 e. The lowest BCUT2D eigenvalue weighted by molar-refractivity contribution is -0.138. The SMILES string of the molecule is O=C(O)CCCCCc1cc(O)cc(CCCCCC(=O)O)c1. The van der Waals surface area contributed by atoms with Crippen LogP contribution in [0.1, 0.15) is 62.5 Å². The minimum atomic E-state index is -0.757. The minimum absolute atomic E-state index is 0.210. The highest BCUT2D eigenvalue weighted by atomic mass is 16.4. The van der Waals surface area contributed by atoms with Crippen LogP contribution in [-0.2, 0) is 22.4 Å². The summed E-state index contributed by atoms with van der Waals surface area (Å²) >= 11 is 0. The Kier molecular flexibility index (Phi) is 8.80. The van der Waals surface area contributed by atoms with E-state index in [0.717, 1.165) is 49.7 Å². The van der Waals surface area contributed by atoms with Crippen molar-refractivity contribution in [2.75, 3.05) is 0 Å². The van der Waals surface area contributed by atoms with Crippen LogP contribution in [0.25, 0.3) is 0 Å². The molecular weight excluding hydrogens is 296 g/mol. The molecule has 0 radical (unpaired) electrons. The molecule has 0 saturated carbocycles. The van der Waals surface area contributed by atoms with Gasteiger partial charge < -0.3 is 15.3 Å². The van der Waals surface area contributed by atoms with Crippen LogP contribution in [0.2, 0.25) is 0 Å². The van der Waals surface area contributed by atoms with E-state index in [9.17, 15) is 14.7 Å². The number of carboxylic acids is 2. The maximum absolute atomic E-state index is 10.4. The smallest absolute Gasteiger partial charge is 0.303 e. The van der Waals surface area contributed by atoms with Crippen LogP contribution in [0.15, 0.2) is 18.2 Å². The lowest BCUT2D eigenvalue weighted by Gasteiger charge is -2.07. The predicted molar refractivity (Wildman–Crippen MR) is 87.7 cm³/mol. The fourth-order valence-electron chi connectivity index (χ4n) is 2.60. The first-order chi connectivity index (χ1) is 11.0. The van der Waals surface area contributed by atoms with Crippen LogP contribution in [0.3, 0.4) is 0 Å². The van der Waals surface area contributed by atoms with Gasteiger partial charge in [-0.1, -0.05) is 18.9 Å². The average Bonchev–Trinajstić information content (AvgIpc) is 2.45. The molecule has 1 aromatic carbocycles. The summed E-state index contributed by atoms with van der Waals surface area (Å²) in [5.41, 5.74) is 2.14. The van der Waals surface area contributed by atoms with Gasteiger partial charge in [0.25, 0.3) is 0 Å². The summed E-state index contributed by atoms with van der Waals surface area (Å²) in [6.45, 7) is 0. The standard InChI is InChI=1S/C18H26O5/c19-16-12-14(7-3-1-5-9-17(20)21)11-15(13-16)8-4-2-6-10-18(22)23/h11-13,19H,1-10H2,(H,20,21)(H,22,23). The van der Waals surface area contributed by atoms with Gasteiger partial charge >= 0.3 is 11.9 Å². The van der Waals surface area contributed by atoms with E-state index in [2.05, 4.69) is 6.07 Å². The molecule has 0 fully saturated rings. The van der Waals surface area contributed by atoms with Crippen molar-refractivity contribution in [3.05, 3.63) is 29.3 Å². The lowest BCUT2D eigenvalue weighted by Crippen LogP contribution is -1.95. The van der Waals surface area contributed by atoms with Crippen molar-refractivity contribution in [3.63, 3.8) is 0 Å². The molecule has 0 aliphatic heterocycles. The van der Waals surface area contributed by atoms with Crippen molar-refractivity contribution in [1.29, 1.82) is 0 Å². The molecule has 3 N–H and O–H groups in total. The molecule has 0 atom stereocenters. The van der Waals surface area contributed by atoms with Crippen molar-refractivity contribution in [3.8, 4) is 5.75 Å². The van der Waals surface area contributed by atoms with Gasteiger partial charge in [-0.2, -0.15) is 0 Å². The van der Waals surface area contributed by atoms with Crippen molar-refractivity contribution in [2.45, 2.75) is 64.2 Å². The molecule has 5 nitrogen and oxygen atoms in total. The summed E-state index contributed by atoms with van der Waals surface area (Å²) in [5, 5.41) is 27.0. The number of aromatic hydroxyl groups is 1. The highest BCUT2D eigenvalue weighted by molar-refractivity contribution is 5.66. The van der Waals surface area contributed by atoms with Crippen LogP contribution in [0.5, 0.6) is 5.75 Å². The largest absolute Gasteiger partial charge is 0.508 e. The van der Waals surface area contributed by atoms with Gasteiger partial charge in [-0.3, -0.25) is 9.59 Å². The number of carboxylic acid groups (broad SMARTS) is 2. The van der Waals surface area contributed by atoms with Gasteiger partial charge in [-0.25, -0.2) is 0 Å². The Morgan fingerprint density at radius 1 is 0.696 bits per heavy atom. The predicted octanol–water partition coefficient (Wildman–Crippen LogP) is 3.77. The molecule has 0 bridgehead atoms. The van der Waals surface area contributed by atoms with Crippen molar-refractivity contribution >= 4 is 11.9 Å². The number of hydrogen-bond acceptors (Lipinski definition) is 3. The van der Waals surface area contributed by atoms with E-state index in [-0.39, 0.29) is 18.6 Å². The highest BCUT2D eigenvalue weighted by Crippen LogP contribution is 2.20. The molecule has 1 aromatic rings.